The highest BCUT2D eigenvalue weighted by Crippen LogP contribution is 2.12. The summed E-state index contributed by atoms with van der Waals surface area (Å²) >= 11 is 3.40. The lowest BCUT2D eigenvalue weighted by Gasteiger charge is -2.06. The van der Waals surface area contributed by atoms with E-state index < -0.39 is 0 Å². The first-order chi connectivity index (χ1) is 7.72. The van der Waals surface area contributed by atoms with Gasteiger partial charge in [0, 0.05) is 4.48 Å². The average Bonchev–Trinajstić information content (AvgIpc) is 2.28. The van der Waals surface area contributed by atoms with Crippen LogP contribution in [0.25, 0.3) is 0 Å². The molecule has 84 valence electrons. The third-order valence-electron chi connectivity index (χ3n) is 1.93. The molecule has 0 heterocycles. The van der Waals surface area contributed by atoms with E-state index in [9.17, 15) is 0 Å². The standard InChI is InChI=1S/C14H15BrO/c1-3-7-14(15)10-12(2)16-11-13-8-5-4-6-9-13/h3-10H,1,11H2,2H3/b12-10+,14-7+. The molecule has 0 aromatic heterocycles. The SMILES string of the molecule is C=C/C=C(Br)\C=C(/C)OCc1ccccc1. The van der Waals surface area contributed by atoms with Gasteiger partial charge in [0.2, 0.25) is 0 Å². The van der Waals surface area contributed by atoms with E-state index in [1.165, 1.54) is 5.56 Å². The van der Waals surface area contributed by atoms with E-state index >= 15 is 0 Å². The third-order valence-corrected chi connectivity index (χ3v) is 2.42. The Balaban J connectivity index is 2.50. The molecule has 0 atom stereocenters. The molecular weight excluding hydrogens is 264 g/mol. The first-order valence-electron chi connectivity index (χ1n) is 5.05. The summed E-state index contributed by atoms with van der Waals surface area (Å²) in [4.78, 5) is 0. The van der Waals surface area contributed by atoms with E-state index in [2.05, 4.69) is 22.5 Å². The van der Waals surface area contributed by atoms with Gasteiger partial charge in [-0.1, -0.05) is 58.9 Å². The molecule has 0 N–H and O–H groups in total. The summed E-state index contributed by atoms with van der Waals surface area (Å²) in [6.07, 6.45) is 5.52. The molecule has 0 saturated heterocycles. The molecule has 0 spiro atoms. The van der Waals surface area contributed by atoms with Crippen LogP contribution in [0.3, 0.4) is 0 Å². The molecule has 0 amide bonds. The zero-order valence-electron chi connectivity index (χ0n) is 9.32. The lowest BCUT2D eigenvalue weighted by atomic mass is 10.2. The molecule has 1 aromatic rings. The monoisotopic (exact) mass is 278 g/mol. The number of allylic oxidation sites excluding steroid dienone is 5. The van der Waals surface area contributed by atoms with Crippen molar-refractivity contribution in [1.29, 1.82) is 0 Å². The molecule has 0 fully saturated rings. The molecule has 0 radical (unpaired) electrons. The molecule has 0 unspecified atom stereocenters. The van der Waals surface area contributed by atoms with E-state index in [4.69, 9.17) is 4.74 Å². The maximum Gasteiger partial charge on any atom is 0.113 e. The van der Waals surface area contributed by atoms with Crippen LogP contribution in [0.2, 0.25) is 0 Å². The number of ether oxygens (including phenoxy) is 1. The van der Waals surface area contributed by atoms with Crippen LogP contribution in [-0.4, -0.2) is 0 Å². The Kier molecular flexibility index (Phi) is 5.65. The number of halogens is 1. The van der Waals surface area contributed by atoms with Crippen LogP contribution in [0.1, 0.15) is 12.5 Å². The molecule has 0 aliphatic carbocycles. The zero-order chi connectivity index (χ0) is 11.8. The Morgan fingerprint density at radius 2 is 2.06 bits per heavy atom. The van der Waals surface area contributed by atoms with Gasteiger partial charge in [0.05, 0.1) is 5.76 Å². The summed E-state index contributed by atoms with van der Waals surface area (Å²) in [6, 6.07) is 10.1. The van der Waals surface area contributed by atoms with Crippen LogP contribution in [0.5, 0.6) is 0 Å². The van der Waals surface area contributed by atoms with E-state index in [0.29, 0.717) is 6.61 Å². The summed E-state index contributed by atoms with van der Waals surface area (Å²) in [5.74, 6) is 0.869. The number of rotatable bonds is 5. The Morgan fingerprint density at radius 1 is 1.38 bits per heavy atom. The molecule has 0 aliphatic rings. The van der Waals surface area contributed by atoms with Crippen molar-refractivity contribution in [1.82, 2.24) is 0 Å². The fourth-order valence-electron chi connectivity index (χ4n) is 1.17. The van der Waals surface area contributed by atoms with Crippen LogP contribution in [0, 0.1) is 0 Å². The molecular formula is C14H15BrO. The minimum atomic E-state index is 0.595. The van der Waals surface area contributed by atoms with E-state index in [-0.39, 0.29) is 0 Å². The molecule has 1 nitrogen and oxygen atoms in total. The van der Waals surface area contributed by atoms with E-state index in [1.807, 2.05) is 49.4 Å². The van der Waals surface area contributed by atoms with Crippen LogP contribution in [-0.2, 0) is 11.3 Å². The normalized spacial score (nSPS) is 12.4. The minimum Gasteiger partial charge on any atom is -0.494 e. The molecule has 1 aromatic carbocycles. The zero-order valence-corrected chi connectivity index (χ0v) is 10.9. The smallest absolute Gasteiger partial charge is 0.113 e. The predicted octanol–water partition coefficient (Wildman–Crippen LogP) is 4.57. The topological polar surface area (TPSA) is 9.23 Å². The molecule has 2 heteroatoms. The fourth-order valence-corrected chi connectivity index (χ4v) is 1.68. The lowest BCUT2D eigenvalue weighted by molar-refractivity contribution is 0.201. The van der Waals surface area contributed by atoms with Crippen LogP contribution in [0.15, 0.2) is 65.4 Å². The second kappa shape index (κ2) is 7.07. The van der Waals surface area contributed by atoms with Crippen molar-refractivity contribution in [2.45, 2.75) is 13.5 Å². The predicted molar refractivity (Wildman–Crippen MR) is 72.2 cm³/mol. The first kappa shape index (κ1) is 12.8. The molecule has 1 rings (SSSR count). The molecule has 0 aliphatic heterocycles. The first-order valence-corrected chi connectivity index (χ1v) is 5.85. The van der Waals surface area contributed by atoms with Crippen molar-refractivity contribution < 1.29 is 4.74 Å². The summed E-state index contributed by atoms with van der Waals surface area (Å²) in [5, 5.41) is 0. The van der Waals surface area contributed by atoms with Gasteiger partial charge in [-0.2, -0.15) is 0 Å². The summed E-state index contributed by atoms with van der Waals surface area (Å²) in [5.41, 5.74) is 1.17. The van der Waals surface area contributed by atoms with Crippen LogP contribution < -0.4 is 0 Å². The lowest BCUT2D eigenvalue weighted by Crippen LogP contribution is -1.90. The number of hydrogen-bond donors (Lipinski definition) is 0. The quantitative estimate of drug-likeness (QED) is 0.566. The van der Waals surface area contributed by atoms with Gasteiger partial charge >= 0.3 is 0 Å². The minimum absolute atomic E-state index is 0.595. The maximum atomic E-state index is 5.60. The summed E-state index contributed by atoms with van der Waals surface area (Å²) in [7, 11) is 0. The van der Waals surface area contributed by atoms with Crippen molar-refractivity contribution in [3.05, 3.63) is 70.9 Å². The second-order valence-electron chi connectivity index (χ2n) is 3.32. The van der Waals surface area contributed by atoms with Gasteiger partial charge in [0.25, 0.3) is 0 Å². The van der Waals surface area contributed by atoms with Gasteiger partial charge in [-0.3, -0.25) is 0 Å². The highest BCUT2D eigenvalue weighted by Gasteiger charge is 1.94. The Morgan fingerprint density at radius 3 is 2.69 bits per heavy atom. The Hall–Kier alpha value is -1.28. The van der Waals surface area contributed by atoms with Crippen LogP contribution >= 0.6 is 15.9 Å². The van der Waals surface area contributed by atoms with Gasteiger partial charge in [0.15, 0.2) is 0 Å². The molecule has 0 bridgehead atoms. The Bertz CT molecular complexity index is 390. The number of benzene rings is 1. The molecule has 16 heavy (non-hydrogen) atoms. The largest absolute Gasteiger partial charge is 0.494 e. The molecule has 0 saturated carbocycles. The Labute approximate surface area is 105 Å². The second-order valence-corrected chi connectivity index (χ2v) is 4.23. The number of hydrogen-bond acceptors (Lipinski definition) is 1. The highest BCUT2D eigenvalue weighted by molar-refractivity contribution is 9.11. The van der Waals surface area contributed by atoms with Gasteiger partial charge in [-0.05, 0) is 24.6 Å². The third kappa shape index (κ3) is 4.99. The van der Waals surface area contributed by atoms with Crippen molar-refractivity contribution in [3.8, 4) is 0 Å². The van der Waals surface area contributed by atoms with Gasteiger partial charge < -0.3 is 4.74 Å². The van der Waals surface area contributed by atoms with Crippen LogP contribution in [0.4, 0.5) is 0 Å². The fraction of sp³-hybridized carbons (Fsp3) is 0.143. The van der Waals surface area contributed by atoms with Gasteiger partial charge in [0.1, 0.15) is 6.61 Å². The van der Waals surface area contributed by atoms with Crippen molar-refractivity contribution in [2.75, 3.05) is 0 Å². The van der Waals surface area contributed by atoms with Gasteiger partial charge in [-0.15, -0.1) is 0 Å². The van der Waals surface area contributed by atoms with E-state index in [0.717, 1.165) is 10.2 Å². The average molecular weight is 279 g/mol. The van der Waals surface area contributed by atoms with E-state index in [1.54, 1.807) is 6.08 Å². The summed E-state index contributed by atoms with van der Waals surface area (Å²) in [6.45, 7) is 6.15. The maximum absolute atomic E-state index is 5.60. The highest BCUT2D eigenvalue weighted by atomic mass is 79.9. The summed E-state index contributed by atoms with van der Waals surface area (Å²) < 4.78 is 6.55. The van der Waals surface area contributed by atoms with Crippen molar-refractivity contribution in [2.24, 2.45) is 0 Å². The van der Waals surface area contributed by atoms with Crippen molar-refractivity contribution in [3.63, 3.8) is 0 Å². The van der Waals surface area contributed by atoms with Crippen molar-refractivity contribution >= 4 is 15.9 Å². The van der Waals surface area contributed by atoms with Gasteiger partial charge in [-0.25, -0.2) is 0 Å².